The minimum Gasteiger partial charge on any atom is -0.465 e. The lowest BCUT2D eigenvalue weighted by molar-refractivity contribution is -0.136. The fourth-order valence-corrected chi connectivity index (χ4v) is 1.87. The number of hydrogen-bond donors (Lipinski definition) is 0. The van der Waals surface area contributed by atoms with E-state index in [0.717, 1.165) is 5.70 Å². The summed E-state index contributed by atoms with van der Waals surface area (Å²) in [5, 5.41) is 0. The molecule has 5 nitrogen and oxygen atoms in total. The number of rotatable bonds is 3. The van der Waals surface area contributed by atoms with Crippen LogP contribution in [0.15, 0.2) is 34.1 Å². The van der Waals surface area contributed by atoms with E-state index < -0.39 is 11.9 Å². The molecule has 0 unspecified atom stereocenters. The Morgan fingerprint density at radius 1 is 1.11 bits per heavy atom. The largest absolute Gasteiger partial charge is 0.465 e. The predicted molar refractivity (Wildman–Crippen MR) is 71.2 cm³/mol. The van der Waals surface area contributed by atoms with Gasteiger partial charge in [-0.3, -0.25) is 0 Å². The molecule has 1 aliphatic rings. The van der Waals surface area contributed by atoms with E-state index in [1.807, 2.05) is 25.9 Å². The van der Waals surface area contributed by atoms with E-state index in [1.54, 1.807) is 13.0 Å². The first-order valence-corrected chi connectivity index (χ1v) is 5.83. The molecule has 0 bridgehead atoms. The van der Waals surface area contributed by atoms with Crippen LogP contribution >= 0.6 is 0 Å². The standard InChI is InChI=1S/C14H19NO4/c1-8-10(13(16)18-5)7-11(9(2)15(3)4)12(8)14(17)19-6/h7H,1-6H3/b11-9-. The van der Waals surface area contributed by atoms with Crippen molar-refractivity contribution in [2.24, 2.45) is 0 Å². The number of allylic oxidation sites excluding steroid dienone is 2. The molecule has 0 atom stereocenters. The molecule has 0 aliphatic heterocycles. The van der Waals surface area contributed by atoms with Gasteiger partial charge in [-0.1, -0.05) is 0 Å². The Morgan fingerprint density at radius 2 is 1.63 bits per heavy atom. The zero-order valence-corrected chi connectivity index (χ0v) is 12.2. The molecule has 0 radical (unpaired) electrons. The molecule has 0 N–H and O–H groups in total. The molecule has 1 rings (SSSR count). The Bertz CT molecular complexity index is 510. The van der Waals surface area contributed by atoms with Crippen LogP contribution in [0.3, 0.4) is 0 Å². The first-order valence-electron chi connectivity index (χ1n) is 5.83. The van der Waals surface area contributed by atoms with Crippen LogP contribution < -0.4 is 0 Å². The number of nitrogens with zero attached hydrogens (tertiary/aromatic N) is 1. The molecule has 0 aromatic carbocycles. The van der Waals surface area contributed by atoms with Crippen LogP contribution in [0.25, 0.3) is 0 Å². The first-order chi connectivity index (χ1) is 8.84. The molecule has 0 spiro atoms. The molecule has 0 amide bonds. The van der Waals surface area contributed by atoms with Crippen molar-refractivity contribution in [1.82, 2.24) is 4.90 Å². The molecule has 104 valence electrons. The zero-order chi connectivity index (χ0) is 14.7. The van der Waals surface area contributed by atoms with Crippen LogP contribution in [-0.2, 0) is 19.1 Å². The van der Waals surface area contributed by atoms with Crippen molar-refractivity contribution >= 4 is 11.9 Å². The van der Waals surface area contributed by atoms with Crippen molar-refractivity contribution in [2.75, 3.05) is 28.3 Å². The van der Waals surface area contributed by atoms with Gasteiger partial charge >= 0.3 is 11.9 Å². The molecular weight excluding hydrogens is 246 g/mol. The van der Waals surface area contributed by atoms with Crippen molar-refractivity contribution in [3.05, 3.63) is 34.1 Å². The Kier molecular flexibility index (Phi) is 4.53. The summed E-state index contributed by atoms with van der Waals surface area (Å²) in [6.45, 7) is 3.59. The lowest BCUT2D eigenvalue weighted by atomic mass is 10.0. The van der Waals surface area contributed by atoms with Gasteiger partial charge in [-0.2, -0.15) is 0 Å². The summed E-state index contributed by atoms with van der Waals surface area (Å²) in [5.41, 5.74) is 2.94. The highest BCUT2D eigenvalue weighted by Gasteiger charge is 2.30. The summed E-state index contributed by atoms with van der Waals surface area (Å²) in [7, 11) is 6.38. The van der Waals surface area contributed by atoms with Crippen LogP contribution in [0.2, 0.25) is 0 Å². The second-order valence-electron chi connectivity index (χ2n) is 4.43. The fraction of sp³-hybridized carbons (Fsp3) is 0.429. The van der Waals surface area contributed by atoms with Gasteiger partial charge in [0.15, 0.2) is 0 Å². The molecule has 1 aliphatic carbocycles. The van der Waals surface area contributed by atoms with Gasteiger partial charge in [0.25, 0.3) is 0 Å². The van der Waals surface area contributed by atoms with Crippen molar-refractivity contribution in [2.45, 2.75) is 13.8 Å². The third kappa shape index (κ3) is 2.70. The molecular formula is C14H19NO4. The predicted octanol–water partition coefficient (Wildman–Crippen LogP) is 1.42. The zero-order valence-electron chi connectivity index (χ0n) is 12.2. The Morgan fingerprint density at radius 3 is 2.05 bits per heavy atom. The Labute approximate surface area is 113 Å². The fourth-order valence-electron chi connectivity index (χ4n) is 1.87. The van der Waals surface area contributed by atoms with Crippen molar-refractivity contribution in [3.8, 4) is 0 Å². The summed E-state index contributed by atoms with van der Waals surface area (Å²) in [6, 6.07) is 0. The third-order valence-electron chi connectivity index (χ3n) is 3.19. The van der Waals surface area contributed by atoms with Gasteiger partial charge in [-0.05, 0) is 25.5 Å². The normalized spacial score (nSPS) is 17.1. The number of methoxy groups -OCH3 is 2. The van der Waals surface area contributed by atoms with Gasteiger partial charge in [0.1, 0.15) is 0 Å². The molecule has 19 heavy (non-hydrogen) atoms. The Hall–Kier alpha value is -2.04. The number of carbonyl (C=O) groups is 2. The molecule has 0 aromatic rings. The van der Waals surface area contributed by atoms with Gasteiger partial charge in [-0.15, -0.1) is 0 Å². The maximum absolute atomic E-state index is 11.9. The summed E-state index contributed by atoms with van der Waals surface area (Å²) in [5.74, 6) is -0.913. The molecule has 5 heteroatoms. The first kappa shape index (κ1) is 15.0. The van der Waals surface area contributed by atoms with E-state index in [4.69, 9.17) is 9.47 Å². The lowest BCUT2D eigenvalue weighted by Crippen LogP contribution is -2.14. The highest BCUT2D eigenvalue weighted by Crippen LogP contribution is 2.34. The second-order valence-corrected chi connectivity index (χ2v) is 4.43. The molecule has 0 aromatic heterocycles. The van der Waals surface area contributed by atoms with Gasteiger partial charge in [0, 0.05) is 25.4 Å². The maximum atomic E-state index is 11.9. The average Bonchev–Trinajstić information content (AvgIpc) is 2.73. The van der Waals surface area contributed by atoms with Crippen molar-refractivity contribution in [1.29, 1.82) is 0 Å². The van der Waals surface area contributed by atoms with E-state index in [9.17, 15) is 9.59 Å². The van der Waals surface area contributed by atoms with Gasteiger partial charge in [-0.25, -0.2) is 9.59 Å². The number of hydrogen-bond acceptors (Lipinski definition) is 5. The summed E-state index contributed by atoms with van der Waals surface area (Å²) >= 11 is 0. The quantitative estimate of drug-likeness (QED) is 0.722. The van der Waals surface area contributed by atoms with Crippen molar-refractivity contribution < 1.29 is 19.1 Å². The number of esters is 2. The van der Waals surface area contributed by atoms with E-state index in [0.29, 0.717) is 22.3 Å². The monoisotopic (exact) mass is 265 g/mol. The molecule has 0 heterocycles. The van der Waals surface area contributed by atoms with Crippen LogP contribution in [0.5, 0.6) is 0 Å². The summed E-state index contributed by atoms with van der Waals surface area (Å²) in [4.78, 5) is 25.5. The highest BCUT2D eigenvalue weighted by molar-refractivity contribution is 6.05. The maximum Gasteiger partial charge on any atom is 0.338 e. The third-order valence-corrected chi connectivity index (χ3v) is 3.19. The number of ether oxygens (including phenoxy) is 2. The minimum absolute atomic E-state index is 0.388. The SMILES string of the molecule is COC(=O)C1=C/C(=C(\C)N(C)C)C(C(=O)OC)=C1C. The summed E-state index contributed by atoms with van der Waals surface area (Å²) in [6.07, 6.45) is 1.67. The van der Waals surface area contributed by atoms with Gasteiger partial charge < -0.3 is 14.4 Å². The summed E-state index contributed by atoms with van der Waals surface area (Å²) < 4.78 is 9.52. The topological polar surface area (TPSA) is 55.8 Å². The van der Waals surface area contributed by atoms with Crippen LogP contribution in [0, 0.1) is 0 Å². The lowest BCUT2D eigenvalue weighted by Gasteiger charge is -2.16. The molecule has 0 fully saturated rings. The number of carbonyl (C=O) groups excluding carboxylic acids is 2. The smallest absolute Gasteiger partial charge is 0.338 e. The van der Waals surface area contributed by atoms with Crippen LogP contribution in [-0.4, -0.2) is 45.2 Å². The minimum atomic E-state index is -0.458. The second kappa shape index (κ2) is 5.73. The van der Waals surface area contributed by atoms with E-state index in [2.05, 4.69) is 0 Å². The van der Waals surface area contributed by atoms with Gasteiger partial charge in [0.05, 0.1) is 25.4 Å². The van der Waals surface area contributed by atoms with E-state index in [-0.39, 0.29) is 0 Å². The van der Waals surface area contributed by atoms with Crippen molar-refractivity contribution in [3.63, 3.8) is 0 Å². The average molecular weight is 265 g/mol. The van der Waals surface area contributed by atoms with E-state index in [1.165, 1.54) is 14.2 Å². The molecule has 0 saturated heterocycles. The highest BCUT2D eigenvalue weighted by atomic mass is 16.5. The Balaban J connectivity index is 3.47. The molecule has 0 saturated carbocycles. The van der Waals surface area contributed by atoms with Crippen LogP contribution in [0.4, 0.5) is 0 Å². The van der Waals surface area contributed by atoms with E-state index >= 15 is 0 Å². The van der Waals surface area contributed by atoms with Gasteiger partial charge in [0.2, 0.25) is 0 Å². The van der Waals surface area contributed by atoms with Crippen LogP contribution in [0.1, 0.15) is 13.8 Å².